The minimum Gasteiger partial charge on any atom is -0.485 e. The topological polar surface area (TPSA) is 52.8 Å². The van der Waals surface area contributed by atoms with Gasteiger partial charge in [0, 0.05) is 29.4 Å². The van der Waals surface area contributed by atoms with Crippen molar-refractivity contribution in [1.29, 1.82) is 0 Å². The van der Waals surface area contributed by atoms with Gasteiger partial charge in [0.05, 0.1) is 5.52 Å². The molecule has 1 aliphatic carbocycles. The first kappa shape index (κ1) is 16.2. The average molecular weight is 365 g/mol. The van der Waals surface area contributed by atoms with Crippen LogP contribution in [0, 0.1) is 0 Å². The fraction of sp³-hybridized carbons (Fsp3) is 0.353. The highest BCUT2D eigenvalue weighted by atomic mass is 35.5. The summed E-state index contributed by atoms with van der Waals surface area (Å²) >= 11 is 6.02. The Morgan fingerprint density at radius 3 is 2.80 bits per heavy atom. The summed E-state index contributed by atoms with van der Waals surface area (Å²) in [5.74, 6) is 2.20. The Morgan fingerprint density at radius 1 is 1.28 bits per heavy atom. The van der Waals surface area contributed by atoms with Gasteiger partial charge in [-0.05, 0) is 31.0 Å². The third kappa shape index (κ3) is 3.28. The quantitative estimate of drug-likeness (QED) is 0.673. The van der Waals surface area contributed by atoms with Crippen molar-refractivity contribution in [3.63, 3.8) is 0 Å². The van der Waals surface area contributed by atoms with Crippen LogP contribution in [0.2, 0.25) is 5.02 Å². The van der Waals surface area contributed by atoms with Gasteiger partial charge in [0.1, 0.15) is 18.1 Å². The molecule has 0 bridgehead atoms. The molecule has 1 fully saturated rings. The van der Waals surface area contributed by atoms with Crippen molar-refractivity contribution in [2.24, 2.45) is 7.05 Å². The van der Waals surface area contributed by atoms with E-state index in [9.17, 15) is 8.78 Å². The molecule has 0 N–H and O–H groups in total. The number of aromatic nitrogens is 4. The zero-order chi connectivity index (χ0) is 17.6. The highest BCUT2D eigenvalue weighted by Crippen LogP contribution is 2.38. The minimum atomic E-state index is -2.68. The van der Waals surface area contributed by atoms with Gasteiger partial charge in [0.25, 0.3) is 6.43 Å². The Kier molecular flexibility index (Phi) is 4.03. The summed E-state index contributed by atoms with van der Waals surface area (Å²) in [5, 5.41) is 5.45. The van der Waals surface area contributed by atoms with E-state index < -0.39 is 6.43 Å². The summed E-state index contributed by atoms with van der Waals surface area (Å²) in [6, 6.07) is 6.12. The molecule has 0 saturated heterocycles. The van der Waals surface area contributed by atoms with Crippen LogP contribution in [-0.2, 0) is 13.7 Å². The normalized spacial score (nSPS) is 14.4. The lowest BCUT2D eigenvalue weighted by Crippen LogP contribution is -2.05. The predicted molar refractivity (Wildman–Crippen MR) is 89.0 cm³/mol. The molecule has 1 aliphatic rings. The van der Waals surface area contributed by atoms with E-state index in [1.54, 1.807) is 29.9 Å². The van der Waals surface area contributed by atoms with Crippen LogP contribution in [0.15, 0.2) is 24.3 Å². The molecule has 0 radical (unpaired) electrons. The Balaban J connectivity index is 1.66. The maximum absolute atomic E-state index is 13.1. The van der Waals surface area contributed by atoms with Crippen LogP contribution in [0.25, 0.3) is 10.9 Å². The predicted octanol–water partition coefficient (Wildman–Crippen LogP) is 4.41. The molecule has 3 aromatic rings. The summed E-state index contributed by atoms with van der Waals surface area (Å²) in [5.41, 5.74) is 0.0790. The number of nitrogens with zero attached hydrogens (tertiary/aromatic N) is 4. The van der Waals surface area contributed by atoms with E-state index in [2.05, 4.69) is 15.1 Å². The molecule has 0 aliphatic heterocycles. The molecule has 25 heavy (non-hydrogen) atoms. The Labute approximate surface area is 147 Å². The second kappa shape index (κ2) is 6.22. The third-order valence-electron chi connectivity index (χ3n) is 4.15. The van der Waals surface area contributed by atoms with Gasteiger partial charge in [-0.25, -0.2) is 23.4 Å². The van der Waals surface area contributed by atoms with Gasteiger partial charge in [0.2, 0.25) is 0 Å². The molecule has 5 nitrogen and oxygen atoms in total. The van der Waals surface area contributed by atoms with Crippen LogP contribution in [-0.4, -0.2) is 19.7 Å². The molecule has 130 valence electrons. The number of benzene rings is 1. The Hall–Kier alpha value is -2.28. The van der Waals surface area contributed by atoms with Crippen LogP contribution < -0.4 is 4.74 Å². The first-order valence-electron chi connectivity index (χ1n) is 7.92. The molecular formula is C17H15ClF2N4O. The Morgan fingerprint density at radius 2 is 2.08 bits per heavy atom. The number of ether oxygens (including phenoxy) is 1. The first-order chi connectivity index (χ1) is 12.0. The fourth-order valence-electron chi connectivity index (χ4n) is 2.64. The van der Waals surface area contributed by atoms with Crippen molar-refractivity contribution in [1.82, 2.24) is 19.7 Å². The third-order valence-corrected chi connectivity index (χ3v) is 4.38. The maximum atomic E-state index is 13.1. The molecule has 4 rings (SSSR count). The highest BCUT2D eigenvalue weighted by Gasteiger charge is 2.28. The molecule has 2 heterocycles. The van der Waals surface area contributed by atoms with Crippen LogP contribution in [0.4, 0.5) is 8.78 Å². The van der Waals surface area contributed by atoms with Gasteiger partial charge in [-0.1, -0.05) is 11.6 Å². The lowest BCUT2D eigenvalue weighted by Gasteiger charge is -2.11. The van der Waals surface area contributed by atoms with Crippen LogP contribution >= 0.6 is 11.6 Å². The second-order valence-electron chi connectivity index (χ2n) is 6.08. The van der Waals surface area contributed by atoms with Gasteiger partial charge < -0.3 is 4.74 Å². The molecule has 0 amide bonds. The molecule has 1 aromatic carbocycles. The van der Waals surface area contributed by atoms with E-state index in [0.29, 0.717) is 33.4 Å². The number of alkyl halides is 2. The molecule has 0 spiro atoms. The van der Waals surface area contributed by atoms with Crippen molar-refractivity contribution in [3.8, 4) is 5.75 Å². The van der Waals surface area contributed by atoms with Crippen molar-refractivity contribution in [2.45, 2.75) is 31.8 Å². The van der Waals surface area contributed by atoms with Crippen LogP contribution in [0.5, 0.6) is 5.75 Å². The summed E-state index contributed by atoms with van der Waals surface area (Å²) in [4.78, 5) is 8.44. The summed E-state index contributed by atoms with van der Waals surface area (Å²) in [6.45, 7) is 0.129. The van der Waals surface area contributed by atoms with Gasteiger partial charge in [-0.3, -0.25) is 0 Å². The van der Waals surface area contributed by atoms with Crippen molar-refractivity contribution in [3.05, 3.63) is 46.6 Å². The maximum Gasteiger partial charge on any atom is 0.280 e. The summed E-state index contributed by atoms with van der Waals surface area (Å²) in [7, 11) is 1.80. The number of rotatable bonds is 5. The number of halogens is 3. The van der Waals surface area contributed by atoms with E-state index in [1.807, 2.05) is 0 Å². The monoisotopic (exact) mass is 364 g/mol. The molecular weight excluding hydrogens is 350 g/mol. The average Bonchev–Trinajstić information content (AvgIpc) is 3.36. The number of fused-ring (bicyclic) bond motifs is 1. The van der Waals surface area contributed by atoms with E-state index >= 15 is 0 Å². The molecule has 2 aromatic heterocycles. The fourth-order valence-corrected chi connectivity index (χ4v) is 2.81. The van der Waals surface area contributed by atoms with Gasteiger partial charge >= 0.3 is 0 Å². The lowest BCUT2D eigenvalue weighted by molar-refractivity contribution is 0.146. The molecule has 0 unspecified atom stereocenters. The van der Waals surface area contributed by atoms with Gasteiger partial charge in [-0.2, -0.15) is 5.10 Å². The van der Waals surface area contributed by atoms with Crippen LogP contribution in [0.1, 0.15) is 42.5 Å². The van der Waals surface area contributed by atoms with E-state index in [-0.39, 0.29) is 12.3 Å². The zero-order valence-corrected chi connectivity index (χ0v) is 14.2. The SMILES string of the molecule is Cn1nc(C2CC2)nc1COc1cc(C(F)F)nc2ccc(Cl)cc12. The summed E-state index contributed by atoms with van der Waals surface area (Å²) < 4.78 is 33.7. The van der Waals surface area contributed by atoms with Crippen molar-refractivity contribution < 1.29 is 13.5 Å². The van der Waals surface area contributed by atoms with E-state index in [0.717, 1.165) is 18.7 Å². The van der Waals surface area contributed by atoms with Gasteiger partial charge in [-0.15, -0.1) is 0 Å². The van der Waals surface area contributed by atoms with Crippen molar-refractivity contribution in [2.75, 3.05) is 0 Å². The second-order valence-corrected chi connectivity index (χ2v) is 6.52. The van der Waals surface area contributed by atoms with Crippen LogP contribution in [0.3, 0.4) is 0 Å². The summed E-state index contributed by atoms with van der Waals surface area (Å²) in [6.07, 6.45) is -0.468. The van der Waals surface area contributed by atoms with Gasteiger partial charge in [0.15, 0.2) is 11.6 Å². The number of pyridine rings is 1. The smallest absolute Gasteiger partial charge is 0.280 e. The minimum absolute atomic E-state index is 0.129. The zero-order valence-electron chi connectivity index (χ0n) is 13.4. The number of hydrogen-bond donors (Lipinski definition) is 0. The largest absolute Gasteiger partial charge is 0.485 e. The van der Waals surface area contributed by atoms with Crippen molar-refractivity contribution >= 4 is 22.5 Å². The number of hydrogen-bond acceptors (Lipinski definition) is 4. The lowest BCUT2D eigenvalue weighted by atomic mass is 10.2. The standard InChI is InChI=1S/C17H15ClF2N4O/c1-24-15(22-17(23-24)9-2-3-9)8-25-14-7-13(16(19)20)21-12-5-4-10(18)6-11(12)14/h4-7,9,16H,2-3,8H2,1H3. The van der Waals surface area contributed by atoms with E-state index in [1.165, 1.54) is 6.07 Å². The first-order valence-corrected chi connectivity index (χ1v) is 8.30. The molecule has 1 saturated carbocycles. The molecule has 0 atom stereocenters. The Bertz CT molecular complexity index is 940. The number of aryl methyl sites for hydroxylation is 1. The highest BCUT2D eigenvalue weighted by molar-refractivity contribution is 6.31. The van der Waals surface area contributed by atoms with E-state index in [4.69, 9.17) is 16.3 Å². The molecule has 8 heteroatoms.